The predicted molar refractivity (Wildman–Crippen MR) is 104 cm³/mol. The number of nitrogens with one attached hydrogen (secondary N) is 1. The highest BCUT2D eigenvalue weighted by atomic mass is 32.2. The van der Waals surface area contributed by atoms with Gasteiger partial charge < -0.3 is 5.32 Å². The van der Waals surface area contributed by atoms with Gasteiger partial charge in [0.25, 0.3) is 5.91 Å². The molecule has 1 aromatic carbocycles. The third-order valence-electron chi connectivity index (χ3n) is 4.91. The van der Waals surface area contributed by atoms with Crippen molar-refractivity contribution in [1.29, 1.82) is 0 Å². The van der Waals surface area contributed by atoms with Crippen molar-refractivity contribution >= 4 is 27.0 Å². The molecular formula is C19H21N5O3S. The van der Waals surface area contributed by atoms with Gasteiger partial charge in [-0.15, -0.1) is 0 Å². The molecule has 4 rings (SSSR count). The van der Waals surface area contributed by atoms with Gasteiger partial charge in [0.15, 0.2) is 5.65 Å². The van der Waals surface area contributed by atoms with E-state index in [9.17, 15) is 13.2 Å². The van der Waals surface area contributed by atoms with Crippen molar-refractivity contribution in [3.8, 4) is 0 Å². The molecule has 0 unspecified atom stereocenters. The van der Waals surface area contributed by atoms with Gasteiger partial charge in [-0.05, 0) is 43.5 Å². The van der Waals surface area contributed by atoms with Gasteiger partial charge in [-0.3, -0.25) is 9.48 Å². The van der Waals surface area contributed by atoms with E-state index in [2.05, 4.69) is 10.4 Å². The summed E-state index contributed by atoms with van der Waals surface area (Å²) in [6, 6.07) is 8.08. The fourth-order valence-corrected chi connectivity index (χ4v) is 3.93. The van der Waals surface area contributed by atoms with Crippen LogP contribution in [0.4, 0.5) is 0 Å². The van der Waals surface area contributed by atoms with Crippen LogP contribution in [0.5, 0.6) is 0 Å². The molecule has 0 atom stereocenters. The van der Waals surface area contributed by atoms with E-state index < -0.39 is 10.0 Å². The highest BCUT2D eigenvalue weighted by molar-refractivity contribution is 7.89. The second-order valence-corrected chi connectivity index (χ2v) is 8.71. The Balaban J connectivity index is 1.64. The average Bonchev–Trinajstić information content (AvgIpc) is 3.45. The van der Waals surface area contributed by atoms with Crippen molar-refractivity contribution in [2.24, 2.45) is 12.2 Å². The lowest BCUT2D eigenvalue weighted by molar-refractivity contribution is 0.0952. The molecule has 1 aliphatic carbocycles. The SMILES string of the molecule is Cc1nn(C)c2nc(C3CC3)cc(C(=O)NCc3cccc(S(N)(=O)=O)c3)c12. The second-order valence-electron chi connectivity index (χ2n) is 7.15. The number of aromatic nitrogens is 3. The molecule has 8 nitrogen and oxygen atoms in total. The maximum absolute atomic E-state index is 13.0. The highest BCUT2D eigenvalue weighted by Gasteiger charge is 2.28. The monoisotopic (exact) mass is 399 g/mol. The Morgan fingerprint density at radius 1 is 1.32 bits per heavy atom. The molecule has 146 valence electrons. The molecule has 3 aromatic rings. The molecule has 0 bridgehead atoms. The zero-order valence-electron chi connectivity index (χ0n) is 15.6. The summed E-state index contributed by atoms with van der Waals surface area (Å²) in [5.41, 5.74) is 3.55. The minimum absolute atomic E-state index is 0.0182. The molecule has 0 saturated heterocycles. The summed E-state index contributed by atoms with van der Waals surface area (Å²) < 4.78 is 24.7. The van der Waals surface area contributed by atoms with Crippen LogP contribution < -0.4 is 10.5 Å². The molecule has 0 spiro atoms. The Labute approximate surface area is 162 Å². The number of fused-ring (bicyclic) bond motifs is 1. The molecule has 0 radical (unpaired) electrons. The van der Waals surface area contributed by atoms with Crippen LogP contribution in [0.1, 0.15) is 46.1 Å². The number of carbonyl (C=O) groups excluding carboxylic acids is 1. The first-order valence-electron chi connectivity index (χ1n) is 8.98. The number of pyridine rings is 1. The van der Waals surface area contributed by atoms with Crippen LogP contribution in [0.15, 0.2) is 35.2 Å². The number of primary sulfonamides is 1. The predicted octanol–water partition coefficient (Wildman–Crippen LogP) is 1.73. The van der Waals surface area contributed by atoms with Crippen molar-refractivity contribution < 1.29 is 13.2 Å². The number of amides is 1. The first kappa shape index (κ1) is 18.6. The van der Waals surface area contributed by atoms with E-state index >= 15 is 0 Å². The van der Waals surface area contributed by atoms with E-state index in [-0.39, 0.29) is 17.3 Å². The average molecular weight is 399 g/mol. The van der Waals surface area contributed by atoms with Crippen molar-refractivity contribution in [2.45, 2.75) is 37.1 Å². The van der Waals surface area contributed by atoms with Crippen LogP contribution >= 0.6 is 0 Å². The van der Waals surface area contributed by atoms with Gasteiger partial charge >= 0.3 is 0 Å². The number of nitrogens with zero attached hydrogens (tertiary/aromatic N) is 3. The summed E-state index contributed by atoms with van der Waals surface area (Å²) in [6.07, 6.45) is 2.16. The van der Waals surface area contributed by atoms with Crippen LogP contribution in [-0.2, 0) is 23.6 Å². The minimum Gasteiger partial charge on any atom is -0.348 e. The largest absolute Gasteiger partial charge is 0.348 e. The second kappa shape index (κ2) is 6.68. The number of nitrogens with two attached hydrogens (primary N) is 1. The molecule has 0 aliphatic heterocycles. The molecule has 9 heteroatoms. The van der Waals surface area contributed by atoms with Crippen molar-refractivity contribution in [1.82, 2.24) is 20.1 Å². The smallest absolute Gasteiger partial charge is 0.252 e. The molecule has 2 aromatic heterocycles. The molecule has 1 saturated carbocycles. The number of benzene rings is 1. The molecule has 1 aliphatic rings. The van der Waals surface area contributed by atoms with Crippen molar-refractivity contribution in [3.05, 3.63) is 52.8 Å². The van der Waals surface area contributed by atoms with Crippen LogP contribution in [0.2, 0.25) is 0 Å². The minimum atomic E-state index is -3.79. The molecule has 28 heavy (non-hydrogen) atoms. The fourth-order valence-electron chi connectivity index (χ4n) is 3.34. The van der Waals surface area contributed by atoms with Crippen LogP contribution in [0.25, 0.3) is 11.0 Å². The quantitative estimate of drug-likeness (QED) is 0.677. The fraction of sp³-hybridized carbons (Fsp3) is 0.316. The number of aryl methyl sites for hydroxylation is 2. The lowest BCUT2D eigenvalue weighted by Gasteiger charge is -2.10. The highest BCUT2D eigenvalue weighted by Crippen LogP contribution is 2.40. The molecule has 2 heterocycles. The molecule has 1 amide bonds. The third-order valence-corrected chi connectivity index (χ3v) is 5.82. The summed E-state index contributed by atoms with van der Waals surface area (Å²) >= 11 is 0. The van der Waals surface area contributed by atoms with Gasteiger partial charge in [-0.1, -0.05) is 12.1 Å². The van der Waals surface area contributed by atoms with E-state index in [1.54, 1.807) is 16.8 Å². The van der Waals surface area contributed by atoms with Gasteiger partial charge in [0.1, 0.15) is 0 Å². The molecule has 1 fully saturated rings. The normalized spacial score (nSPS) is 14.4. The van der Waals surface area contributed by atoms with Crippen molar-refractivity contribution in [3.63, 3.8) is 0 Å². The van der Waals surface area contributed by atoms with E-state index in [0.29, 0.717) is 22.7 Å². The zero-order valence-corrected chi connectivity index (χ0v) is 16.5. The number of rotatable bonds is 5. The molecular weight excluding hydrogens is 378 g/mol. The van der Waals surface area contributed by atoms with Gasteiger partial charge in [0, 0.05) is 25.2 Å². The Morgan fingerprint density at radius 2 is 2.07 bits per heavy atom. The number of hydrogen-bond acceptors (Lipinski definition) is 5. The lowest BCUT2D eigenvalue weighted by Crippen LogP contribution is -2.24. The topological polar surface area (TPSA) is 120 Å². The standard InChI is InChI=1S/C19H21N5O3S/c1-11-17-15(9-16(13-6-7-13)22-18(17)24(2)23-11)19(25)21-10-12-4-3-5-14(8-12)28(20,26)27/h3-5,8-9,13H,6-7,10H2,1-2H3,(H,21,25)(H2,20,26,27). The van der Waals surface area contributed by atoms with Gasteiger partial charge in [0.2, 0.25) is 10.0 Å². The van der Waals surface area contributed by atoms with Gasteiger partial charge in [0.05, 0.1) is 21.5 Å². The number of hydrogen-bond donors (Lipinski definition) is 2. The van der Waals surface area contributed by atoms with Gasteiger partial charge in [-0.2, -0.15) is 5.10 Å². The van der Waals surface area contributed by atoms with Crippen LogP contribution in [0, 0.1) is 6.92 Å². The molecule has 3 N–H and O–H groups in total. The summed E-state index contributed by atoms with van der Waals surface area (Å²) in [6.45, 7) is 2.04. The summed E-state index contributed by atoms with van der Waals surface area (Å²) in [5, 5.41) is 13.2. The third kappa shape index (κ3) is 3.50. The maximum atomic E-state index is 13.0. The summed E-state index contributed by atoms with van der Waals surface area (Å²) in [5.74, 6) is 0.156. The van der Waals surface area contributed by atoms with Crippen LogP contribution in [-0.4, -0.2) is 29.1 Å². The maximum Gasteiger partial charge on any atom is 0.252 e. The van der Waals surface area contributed by atoms with E-state index in [4.69, 9.17) is 10.1 Å². The zero-order chi connectivity index (χ0) is 20.1. The van der Waals surface area contributed by atoms with Crippen LogP contribution in [0.3, 0.4) is 0 Å². The summed E-state index contributed by atoms with van der Waals surface area (Å²) in [7, 11) is -1.97. The van der Waals surface area contributed by atoms with E-state index in [0.717, 1.165) is 29.6 Å². The Hall–Kier alpha value is -2.78. The van der Waals surface area contributed by atoms with Gasteiger partial charge in [-0.25, -0.2) is 18.5 Å². The summed E-state index contributed by atoms with van der Waals surface area (Å²) in [4.78, 5) is 17.7. The first-order valence-corrected chi connectivity index (χ1v) is 10.5. The first-order chi connectivity index (χ1) is 13.2. The Bertz CT molecular complexity index is 1200. The van der Waals surface area contributed by atoms with E-state index in [1.165, 1.54) is 12.1 Å². The lowest BCUT2D eigenvalue weighted by atomic mass is 10.1. The van der Waals surface area contributed by atoms with E-state index in [1.807, 2.05) is 20.0 Å². The Kier molecular flexibility index (Phi) is 4.43. The Morgan fingerprint density at radius 3 is 2.75 bits per heavy atom. The van der Waals surface area contributed by atoms with Crippen molar-refractivity contribution in [2.75, 3.05) is 0 Å². The number of carbonyl (C=O) groups is 1. The number of sulfonamides is 1.